The number of aryl methyl sites for hydroxylation is 3. The van der Waals surface area contributed by atoms with E-state index in [0.29, 0.717) is 12.2 Å². The molecule has 1 atom stereocenters. The predicted molar refractivity (Wildman–Crippen MR) is 88.9 cm³/mol. The van der Waals surface area contributed by atoms with Crippen LogP contribution in [0.5, 0.6) is 0 Å². The van der Waals surface area contributed by atoms with Gasteiger partial charge in [0.25, 0.3) is 5.91 Å². The summed E-state index contributed by atoms with van der Waals surface area (Å²) in [5, 5.41) is 13.2. The Bertz CT molecular complexity index is 735. The van der Waals surface area contributed by atoms with Crippen molar-refractivity contribution in [3.05, 3.63) is 32.8 Å². The molecule has 0 bridgehead atoms. The van der Waals surface area contributed by atoms with E-state index in [9.17, 15) is 9.90 Å². The monoisotopic (exact) mass is 334 g/mol. The molecule has 2 heterocycles. The van der Waals surface area contributed by atoms with Gasteiger partial charge in [-0.05, 0) is 33.6 Å². The van der Waals surface area contributed by atoms with Crippen molar-refractivity contribution < 1.29 is 9.90 Å². The van der Waals surface area contributed by atoms with Gasteiger partial charge in [-0.3, -0.25) is 4.79 Å². The Morgan fingerprint density at radius 3 is 2.83 bits per heavy atom. The molecule has 1 aliphatic carbocycles. The van der Waals surface area contributed by atoms with Gasteiger partial charge < -0.3 is 15.0 Å². The molecule has 0 spiro atoms. The average Bonchev–Trinajstić information content (AvgIpc) is 2.99. The van der Waals surface area contributed by atoms with Crippen molar-refractivity contribution in [2.45, 2.75) is 52.6 Å². The van der Waals surface area contributed by atoms with E-state index >= 15 is 0 Å². The highest BCUT2D eigenvalue weighted by atomic mass is 32.1. The molecular weight excluding hydrogens is 312 g/mol. The lowest BCUT2D eigenvalue weighted by Gasteiger charge is -2.23. The highest BCUT2D eigenvalue weighted by molar-refractivity contribution is 7.11. The molecule has 0 unspecified atom stereocenters. The minimum Gasteiger partial charge on any atom is -0.395 e. The Morgan fingerprint density at radius 2 is 2.17 bits per heavy atom. The second-order valence-electron chi connectivity index (χ2n) is 5.98. The zero-order valence-electron chi connectivity index (χ0n) is 13.7. The van der Waals surface area contributed by atoms with Crippen LogP contribution in [-0.2, 0) is 19.4 Å². The van der Waals surface area contributed by atoms with Gasteiger partial charge in [0.2, 0.25) is 0 Å². The minimum atomic E-state index is -0.0909. The van der Waals surface area contributed by atoms with E-state index in [1.165, 1.54) is 5.69 Å². The summed E-state index contributed by atoms with van der Waals surface area (Å²) in [5.41, 5.74) is 2.78. The lowest BCUT2D eigenvalue weighted by Crippen LogP contribution is -2.39. The van der Waals surface area contributed by atoms with Crippen LogP contribution in [0, 0.1) is 20.8 Å². The van der Waals surface area contributed by atoms with Crippen molar-refractivity contribution >= 4 is 17.2 Å². The number of imidazole rings is 1. The van der Waals surface area contributed by atoms with Crippen molar-refractivity contribution in [2.24, 2.45) is 0 Å². The molecule has 0 aliphatic heterocycles. The predicted octanol–water partition coefficient (Wildman–Crippen LogP) is 1.54. The molecule has 1 amide bonds. The van der Waals surface area contributed by atoms with Crippen LogP contribution in [0.25, 0.3) is 0 Å². The first-order valence-corrected chi connectivity index (χ1v) is 8.72. The van der Waals surface area contributed by atoms with E-state index in [2.05, 4.69) is 19.9 Å². The van der Waals surface area contributed by atoms with Crippen molar-refractivity contribution in [3.8, 4) is 0 Å². The second-order valence-corrected chi connectivity index (χ2v) is 7.39. The van der Waals surface area contributed by atoms with Gasteiger partial charge in [-0.15, -0.1) is 11.3 Å². The zero-order valence-corrected chi connectivity index (χ0v) is 14.5. The molecule has 3 rings (SSSR count). The lowest BCUT2D eigenvalue weighted by atomic mass is 9.95. The van der Waals surface area contributed by atoms with Crippen LogP contribution >= 0.6 is 11.3 Å². The molecule has 0 saturated heterocycles. The van der Waals surface area contributed by atoms with E-state index in [1.54, 1.807) is 11.3 Å². The van der Waals surface area contributed by atoms with Crippen LogP contribution in [0.4, 0.5) is 0 Å². The maximum absolute atomic E-state index is 12.4. The van der Waals surface area contributed by atoms with Gasteiger partial charge >= 0.3 is 0 Å². The number of carbonyl (C=O) groups is 1. The summed E-state index contributed by atoms with van der Waals surface area (Å²) in [7, 11) is 0. The first-order chi connectivity index (χ1) is 11.0. The van der Waals surface area contributed by atoms with Crippen LogP contribution in [0.3, 0.4) is 0 Å². The number of amides is 1. The molecule has 2 N–H and O–H groups in total. The molecule has 2 aromatic rings. The summed E-state index contributed by atoms with van der Waals surface area (Å²) in [4.78, 5) is 22.3. The van der Waals surface area contributed by atoms with Gasteiger partial charge in [-0.1, -0.05) is 0 Å². The Hall–Kier alpha value is -1.73. The summed E-state index contributed by atoms with van der Waals surface area (Å²) in [6.07, 6.45) is 2.50. The third kappa shape index (κ3) is 3.16. The molecule has 0 fully saturated rings. The number of nitrogens with zero attached hydrogens (tertiary/aromatic N) is 3. The van der Waals surface area contributed by atoms with Crippen molar-refractivity contribution in [2.75, 3.05) is 6.61 Å². The maximum atomic E-state index is 12.4. The molecule has 6 nitrogen and oxygen atoms in total. The van der Waals surface area contributed by atoms with Crippen LogP contribution in [0.1, 0.15) is 44.0 Å². The molecule has 23 heavy (non-hydrogen) atoms. The third-order valence-corrected chi connectivity index (χ3v) is 5.18. The number of thiazole rings is 1. The topological polar surface area (TPSA) is 80.0 Å². The number of carbonyl (C=O) groups excluding carboxylic acids is 1. The number of hydrogen-bond acceptors (Lipinski definition) is 5. The van der Waals surface area contributed by atoms with Crippen LogP contribution in [-0.4, -0.2) is 38.2 Å². The van der Waals surface area contributed by atoms with Crippen LogP contribution < -0.4 is 5.32 Å². The highest BCUT2D eigenvalue weighted by Crippen LogP contribution is 2.23. The Morgan fingerprint density at radius 1 is 1.39 bits per heavy atom. The summed E-state index contributed by atoms with van der Waals surface area (Å²) < 4.78 is 2.08. The van der Waals surface area contributed by atoms with E-state index < -0.39 is 0 Å². The molecule has 124 valence electrons. The van der Waals surface area contributed by atoms with Gasteiger partial charge in [0.1, 0.15) is 11.5 Å². The van der Waals surface area contributed by atoms with Gasteiger partial charge in [0, 0.05) is 29.6 Å². The average molecular weight is 334 g/mol. The van der Waals surface area contributed by atoms with E-state index in [0.717, 1.165) is 40.7 Å². The SMILES string of the molecule is Cc1nc(C(=O)N[C@@H]2CCc3c(nc(C)n3CCO)C2)c(C)s1. The molecular formula is C16H22N4O2S. The molecule has 0 aromatic carbocycles. The van der Waals surface area contributed by atoms with E-state index in [-0.39, 0.29) is 18.6 Å². The first kappa shape index (κ1) is 16.1. The van der Waals surface area contributed by atoms with E-state index in [1.807, 2.05) is 20.8 Å². The number of aromatic nitrogens is 3. The summed E-state index contributed by atoms with van der Waals surface area (Å²) in [6, 6.07) is 0.0910. The highest BCUT2D eigenvalue weighted by Gasteiger charge is 2.26. The van der Waals surface area contributed by atoms with Crippen molar-refractivity contribution in [1.29, 1.82) is 0 Å². The molecule has 0 radical (unpaired) electrons. The summed E-state index contributed by atoms with van der Waals surface area (Å²) in [5.74, 6) is 0.841. The van der Waals surface area contributed by atoms with Gasteiger partial charge in [-0.2, -0.15) is 0 Å². The molecule has 7 heteroatoms. The molecule has 2 aromatic heterocycles. The van der Waals surface area contributed by atoms with Crippen LogP contribution in [0.2, 0.25) is 0 Å². The fourth-order valence-electron chi connectivity index (χ4n) is 3.27. The molecule has 1 aliphatic rings. The van der Waals surface area contributed by atoms with Crippen molar-refractivity contribution in [3.63, 3.8) is 0 Å². The van der Waals surface area contributed by atoms with Crippen LogP contribution in [0.15, 0.2) is 0 Å². The van der Waals surface area contributed by atoms with Crippen molar-refractivity contribution in [1.82, 2.24) is 19.9 Å². The number of fused-ring (bicyclic) bond motifs is 1. The quantitative estimate of drug-likeness (QED) is 0.889. The largest absolute Gasteiger partial charge is 0.395 e. The van der Waals surface area contributed by atoms with Gasteiger partial charge in [0.15, 0.2) is 0 Å². The maximum Gasteiger partial charge on any atom is 0.271 e. The second kappa shape index (κ2) is 6.41. The number of aliphatic hydroxyl groups excluding tert-OH is 1. The number of rotatable bonds is 4. The standard InChI is InChI=1S/C16H22N4O2S/c1-9-15(18-11(3)23-9)16(22)19-12-4-5-14-13(8-12)17-10(2)20(14)6-7-21/h12,21H,4-8H2,1-3H3,(H,19,22)/t12-/m1/s1. The van der Waals surface area contributed by atoms with E-state index in [4.69, 9.17) is 0 Å². The first-order valence-electron chi connectivity index (χ1n) is 7.90. The Kier molecular flexibility index (Phi) is 4.50. The minimum absolute atomic E-state index is 0.0909. The molecule has 0 saturated carbocycles. The fourth-order valence-corrected chi connectivity index (χ4v) is 4.09. The Balaban J connectivity index is 1.71. The number of aliphatic hydroxyl groups is 1. The third-order valence-electron chi connectivity index (χ3n) is 4.29. The van der Waals surface area contributed by atoms with Gasteiger partial charge in [0.05, 0.1) is 17.3 Å². The smallest absolute Gasteiger partial charge is 0.271 e. The lowest BCUT2D eigenvalue weighted by molar-refractivity contribution is 0.0928. The Labute approximate surface area is 139 Å². The fraction of sp³-hybridized carbons (Fsp3) is 0.562. The normalized spacial score (nSPS) is 17.1. The number of hydrogen-bond donors (Lipinski definition) is 2. The zero-order chi connectivity index (χ0) is 16.6. The van der Waals surface area contributed by atoms with Gasteiger partial charge in [-0.25, -0.2) is 9.97 Å². The summed E-state index contributed by atoms with van der Waals surface area (Å²) in [6.45, 7) is 6.51. The number of nitrogens with one attached hydrogen (secondary N) is 1. The summed E-state index contributed by atoms with van der Waals surface area (Å²) >= 11 is 1.55.